The molecule has 0 spiro atoms. The summed E-state index contributed by atoms with van der Waals surface area (Å²) in [7, 11) is 0. The maximum absolute atomic E-state index is 12.9. The second-order valence-electron chi connectivity index (χ2n) is 7.54. The molecule has 0 unspecified atom stereocenters. The van der Waals surface area contributed by atoms with Crippen LogP contribution in [-0.2, 0) is 9.59 Å². The molecule has 0 aliphatic carbocycles. The highest BCUT2D eigenvalue weighted by Crippen LogP contribution is 2.32. The summed E-state index contributed by atoms with van der Waals surface area (Å²) in [6.07, 6.45) is 0. The van der Waals surface area contributed by atoms with Crippen molar-refractivity contribution in [3.05, 3.63) is 99.2 Å². The fraction of sp³-hybridized carbons (Fsp3) is 0.0800. The smallest absolute Gasteiger partial charge is 0.283 e. The molecule has 0 atom stereocenters. The van der Waals surface area contributed by atoms with Gasteiger partial charge in [0.05, 0.1) is 5.69 Å². The number of rotatable bonds is 5. The van der Waals surface area contributed by atoms with Gasteiger partial charge in [0.2, 0.25) is 0 Å². The minimum absolute atomic E-state index is 0.0172. The van der Waals surface area contributed by atoms with Crippen LogP contribution in [0.3, 0.4) is 0 Å². The van der Waals surface area contributed by atoms with Crippen molar-refractivity contribution in [1.29, 1.82) is 0 Å². The number of carbonyl (C=O) groups excluding carboxylic acids is 3. The highest BCUT2D eigenvalue weighted by molar-refractivity contribution is 6.53. The molecule has 0 aromatic heterocycles. The topological polar surface area (TPSA) is 78.5 Å². The summed E-state index contributed by atoms with van der Waals surface area (Å²) in [6, 6.07) is 18.8. The Morgan fingerprint density at radius 2 is 1.48 bits per heavy atom. The van der Waals surface area contributed by atoms with Crippen LogP contribution in [0.15, 0.2) is 77.5 Å². The monoisotopic (exact) mass is 479 g/mol. The molecule has 3 amide bonds. The molecule has 166 valence electrons. The van der Waals surface area contributed by atoms with Crippen LogP contribution in [-0.4, -0.2) is 17.7 Å². The molecule has 0 bridgehead atoms. The fourth-order valence-electron chi connectivity index (χ4n) is 3.37. The van der Waals surface area contributed by atoms with Crippen molar-refractivity contribution in [2.24, 2.45) is 0 Å². The normalized spacial score (nSPS) is 13.5. The van der Waals surface area contributed by atoms with Crippen LogP contribution < -0.4 is 15.5 Å². The molecule has 4 rings (SSSR count). The Morgan fingerprint density at radius 3 is 2.15 bits per heavy atom. The first-order chi connectivity index (χ1) is 15.8. The minimum atomic E-state index is -0.591. The highest BCUT2D eigenvalue weighted by atomic mass is 35.5. The van der Waals surface area contributed by atoms with Gasteiger partial charge in [0.1, 0.15) is 10.7 Å². The number of amides is 3. The Morgan fingerprint density at radius 1 is 0.818 bits per heavy atom. The van der Waals surface area contributed by atoms with E-state index in [1.165, 1.54) is 0 Å². The number of carbonyl (C=O) groups is 3. The van der Waals surface area contributed by atoms with Crippen molar-refractivity contribution >= 4 is 58.0 Å². The molecule has 1 aliphatic heterocycles. The van der Waals surface area contributed by atoms with E-state index in [0.29, 0.717) is 27.6 Å². The lowest BCUT2D eigenvalue weighted by Crippen LogP contribution is -2.32. The Balaban J connectivity index is 1.49. The number of para-hydroxylation sites is 1. The quantitative estimate of drug-likeness (QED) is 0.463. The zero-order valence-corrected chi connectivity index (χ0v) is 19.3. The Bertz CT molecular complexity index is 1320. The van der Waals surface area contributed by atoms with Crippen LogP contribution >= 0.6 is 23.2 Å². The number of aryl methyl sites for hydroxylation is 2. The van der Waals surface area contributed by atoms with Gasteiger partial charge in [-0.1, -0.05) is 47.5 Å². The number of halogens is 2. The zero-order valence-electron chi connectivity index (χ0n) is 17.8. The predicted octanol–water partition coefficient (Wildman–Crippen LogP) is 5.64. The van der Waals surface area contributed by atoms with Crippen molar-refractivity contribution in [1.82, 2.24) is 0 Å². The van der Waals surface area contributed by atoms with Gasteiger partial charge in [-0.3, -0.25) is 14.4 Å². The molecule has 0 radical (unpaired) electrons. The summed E-state index contributed by atoms with van der Waals surface area (Å²) in [5.74, 6) is -1.44. The second-order valence-corrected chi connectivity index (χ2v) is 8.33. The number of benzene rings is 3. The summed E-state index contributed by atoms with van der Waals surface area (Å²) < 4.78 is 0. The number of hydrogen-bond donors (Lipinski definition) is 2. The molecule has 2 N–H and O–H groups in total. The summed E-state index contributed by atoms with van der Waals surface area (Å²) in [5.41, 5.74) is 3.65. The van der Waals surface area contributed by atoms with E-state index in [2.05, 4.69) is 10.6 Å². The first-order valence-electron chi connectivity index (χ1n) is 10.0. The molecular weight excluding hydrogens is 461 g/mol. The van der Waals surface area contributed by atoms with Gasteiger partial charge in [-0.25, -0.2) is 4.90 Å². The standard InChI is InChI=1S/C25H19Cl2N3O3/c1-14-7-10-18(13-19(14)26)29-23(31)16-8-11-17(12-9-16)28-22-21(27)24(32)30(25(22)33)20-6-4-3-5-15(20)2/h3-13,28H,1-2H3,(H,29,31). The SMILES string of the molecule is Cc1ccc(NC(=O)c2ccc(NC3=C(Cl)C(=O)N(c4ccccc4C)C3=O)cc2)cc1Cl. The summed E-state index contributed by atoms with van der Waals surface area (Å²) in [6.45, 7) is 3.69. The third-order valence-electron chi connectivity index (χ3n) is 5.23. The Hall–Kier alpha value is -3.61. The van der Waals surface area contributed by atoms with E-state index >= 15 is 0 Å². The molecule has 0 saturated heterocycles. The number of nitrogens with zero attached hydrogens (tertiary/aromatic N) is 1. The summed E-state index contributed by atoms with van der Waals surface area (Å²) in [4.78, 5) is 39.2. The number of imide groups is 1. The first kappa shape index (κ1) is 22.6. The van der Waals surface area contributed by atoms with Crippen molar-refractivity contribution in [3.8, 4) is 0 Å². The fourth-order valence-corrected chi connectivity index (χ4v) is 3.76. The third kappa shape index (κ3) is 4.49. The molecule has 33 heavy (non-hydrogen) atoms. The van der Waals surface area contributed by atoms with Gasteiger partial charge < -0.3 is 10.6 Å². The molecule has 6 nitrogen and oxygen atoms in total. The second kappa shape index (κ2) is 9.10. The molecule has 3 aromatic rings. The zero-order chi connectivity index (χ0) is 23.7. The number of hydrogen-bond acceptors (Lipinski definition) is 4. The maximum atomic E-state index is 12.9. The first-order valence-corrected chi connectivity index (χ1v) is 10.8. The summed E-state index contributed by atoms with van der Waals surface area (Å²) >= 11 is 12.3. The van der Waals surface area contributed by atoms with Crippen molar-refractivity contribution < 1.29 is 14.4 Å². The lowest BCUT2D eigenvalue weighted by atomic mass is 10.1. The maximum Gasteiger partial charge on any atom is 0.283 e. The highest BCUT2D eigenvalue weighted by Gasteiger charge is 2.39. The van der Waals surface area contributed by atoms with Crippen LogP contribution in [0.4, 0.5) is 17.1 Å². The van der Waals surface area contributed by atoms with Gasteiger partial charge in [0.15, 0.2) is 0 Å². The molecule has 0 saturated carbocycles. The van der Waals surface area contributed by atoms with Gasteiger partial charge in [-0.2, -0.15) is 0 Å². The predicted molar refractivity (Wildman–Crippen MR) is 131 cm³/mol. The summed E-state index contributed by atoms with van der Waals surface area (Å²) in [5, 5.41) is 6.06. The molecule has 8 heteroatoms. The molecule has 1 aliphatic rings. The van der Waals surface area contributed by atoms with E-state index in [4.69, 9.17) is 23.2 Å². The van der Waals surface area contributed by atoms with Crippen molar-refractivity contribution in [2.75, 3.05) is 15.5 Å². The average molecular weight is 480 g/mol. The van der Waals surface area contributed by atoms with Gasteiger partial charge in [0, 0.05) is 22.0 Å². The molecule has 1 heterocycles. The van der Waals surface area contributed by atoms with Crippen LogP contribution in [0.1, 0.15) is 21.5 Å². The average Bonchev–Trinajstić information content (AvgIpc) is 3.00. The van der Waals surface area contributed by atoms with Gasteiger partial charge in [-0.05, 0) is 67.4 Å². The van der Waals surface area contributed by atoms with Crippen LogP contribution in [0, 0.1) is 13.8 Å². The van der Waals surface area contributed by atoms with E-state index in [9.17, 15) is 14.4 Å². The Labute approximate surface area is 200 Å². The lowest BCUT2D eigenvalue weighted by Gasteiger charge is -2.17. The van der Waals surface area contributed by atoms with Crippen LogP contribution in [0.5, 0.6) is 0 Å². The van der Waals surface area contributed by atoms with Crippen molar-refractivity contribution in [2.45, 2.75) is 13.8 Å². The van der Waals surface area contributed by atoms with Crippen molar-refractivity contribution in [3.63, 3.8) is 0 Å². The molecular formula is C25H19Cl2N3O3. The van der Waals surface area contributed by atoms with E-state index in [1.54, 1.807) is 48.5 Å². The van der Waals surface area contributed by atoms with Gasteiger partial charge in [-0.15, -0.1) is 0 Å². The molecule has 0 fully saturated rings. The van der Waals surface area contributed by atoms with Gasteiger partial charge in [0.25, 0.3) is 17.7 Å². The lowest BCUT2D eigenvalue weighted by molar-refractivity contribution is -0.120. The van der Waals surface area contributed by atoms with Crippen LogP contribution in [0.2, 0.25) is 5.02 Å². The van der Waals surface area contributed by atoms with E-state index in [0.717, 1.165) is 16.0 Å². The number of nitrogens with one attached hydrogen (secondary N) is 2. The van der Waals surface area contributed by atoms with E-state index in [-0.39, 0.29) is 16.6 Å². The van der Waals surface area contributed by atoms with Crippen LogP contribution in [0.25, 0.3) is 0 Å². The minimum Gasteiger partial charge on any atom is -0.350 e. The number of anilines is 3. The third-order valence-corrected chi connectivity index (χ3v) is 5.99. The van der Waals surface area contributed by atoms with E-state index < -0.39 is 11.8 Å². The van der Waals surface area contributed by atoms with Gasteiger partial charge >= 0.3 is 0 Å². The van der Waals surface area contributed by atoms with E-state index in [1.807, 2.05) is 32.0 Å². The largest absolute Gasteiger partial charge is 0.350 e. The Kier molecular flexibility index (Phi) is 6.22. The molecule has 3 aromatic carbocycles.